The summed E-state index contributed by atoms with van der Waals surface area (Å²) < 4.78 is 0. The van der Waals surface area contributed by atoms with Gasteiger partial charge in [-0.05, 0) is 18.1 Å². The van der Waals surface area contributed by atoms with Crippen LogP contribution in [0.3, 0.4) is 0 Å². The highest BCUT2D eigenvalue weighted by atomic mass is 16.1. The van der Waals surface area contributed by atoms with Crippen LogP contribution in [0, 0.1) is 5.92 Å². The molecule has 1 aromatic heterocycles. The molecule has 0 saturated carbocycles. The maximum atomic E-state index is 11.9. The fourth-order valence-electron chi connectivity index (χ4n) is 2.63. The summed E-state index contributed by atoms with van der Waals surface area (Å²) in [5, 5.41) is 7.19. The van der Waals surface area contributed by atoms with E-state index in [-0.39, 0.29) is 5.91 Å². The molecule has 0 fully saturated rings. The van der Waals surface area contributed by atoms with E-state index in [1.165, 1.54) is 0 Å². The summed E-state index contributed by atoms with van der Waals surface area (Å²) >= 11 is 0. The molecule has 0 aliphatic heterocycles. The van der Waals surface area contributed by atoms with Gasteiger partial charge in [0, 0.05) is 30.5 Å². The molecule has 0 radical (unpaired) electrons. The Bertz CT molecular complexity index is 878. The van der Waals surface area contributed by atoms with Crippen LogP contribution in [0.4, 0.5) is 5.82 Å². The van der Waals surface area contributed by atoms with Gasteiger partial charge in [0.25, 0.3) is 0 Å². The van der Waals surface area contributed by atoms with E-state index in [2.05, 4.69) is 34.4 Å². The number of carbonyl (C=O) groups excluding carboxylic acids is 1. The summed E-state index contributed by atoms with van der Waals surface area (Å²) in [6.45, 7) is 5.39. The maximum absolute atomic E-state index is 11.9. The molecule has 1 amide bonds. The lowest BCUT2D eigenvalue weighted by molar-refractivity contribution is -0.120. The lowest BCUT2D eigenvalue weighted by Crippen LogP contribution is -2.28. The first kappa shape index (κ1) is 17.9. The second-order valence-corrected chi connectivity index (χ2v) is 6.65. The molecule has 26 heavy (non-hydrogen) atoms. The molecule has 5 nitrogen and oxygen atoms in total. The van der Waals surface area contributed by atoms with Gasteiger partial charge in [-0.1, -0.05) is 56.3 Å². The zero-order valence-electron chi connectivity index (χ0n) is 15.2. The predicted molar refractivity (Wildman–Crippen MR) is 106 cm³/mol. The van der Waals surface area contributed by atoms with E-state index in [1.807, 2.05) is 54.6 Å². The van der Waals surface area contributed by atoms with Gasteiger partial charge < -0.3 is 10.6 Å². The summed E-state index contributed by atoms with van der Waals surface area (Å²) in [5.74, 6) is 1.93. The molecule has 0 saturated heterocycles. The summed E-state index contributed by atoms with van der Waals surface area (Å²) in [6.07, 6.45) is 0.408. The van der Waals surface area contributed by atoms with Gasteiger partial charge in [0.2, 0.25) is 5.91 Å². The molecule has 2 aromatic carbocycles. The Morgan fingerprint density at radius 1 is 1.00 bits per heavy atom. The highest BCUT2D eigenvalue weighted by molar-refractivity contribution is 5.90. The van der Waals surface area contributed by atoms with Crippen LogP contribution in [0.15, 0.2) is 54.6 Å². The third kappa shape index (κ3) is 4.57. The summed E-state index contributed by atoms with van der Waals surface area (Å²) in [4.78, 5) is 21.3. The highest BCUT2D eigenvalue weighted by Gasteiger charge is 2.09. The maximum Gasteiger partial charge on any atom is 0.221 e. The zero-order chi connectivity index (χ0) is 18.4. The largest absolute Gasteiger partial charge is 0.369 e. The van der Waals surface area contributed by atoms with E-state index >= 15 is 0 Å². The lowest BCUT2D eigenvalue weighted by Gasteiger charge is -2.11. The summed E-state index contributed by atoms with van der Waals surface area (Å²) in [5.41, 5.74) is 1.85. The molecule has 134 valence electrons. The van der Waals surface area contributed by atoms with Gasteiger partial charge in [0.1, 0.15) is 5.82 Å². The van der Waals surface area contributed by atoms with Crippen molar-refractivity contribution in [3.63, 3.8) is 0 Å². The van der Waals surface area contributed by atoms with Crippen molar-refractivity contribution < 1.29 is 4.79 Å². The van der Waals surface area contributed by atoms with Crippen LogP contribution in [0.2, 0.25) is 0 Å². The number of hydrogen-bond donors (Lipinski definition) is 2. The monoisotopic (exact) mass is 348 g/mol. The Morgan fingerprint density at radius 2 is 1.73 bits per heavy atom. The van der Waals surface area contributed by atoms with Crippen molar-refractivity contribution in [2.45, 2.75) is 20.3 Å². The van der Waals surface area contributed by atoms with E-state index in [0.29, 0.717) is 31.3 Å². The number of amides is 1. The Balaban J connectivity index is 1.77. The normalized spacial score (nSPS) is 10.9. The molecule has 0 aliphatic rings. The lowest BCUT2D eigenvalue weighted by atomic mass is 10.2. The standard InChI is InChI=1S/C21H24N4O/c1-15(2)14-23-19(26)12-13-22-21-17-10-6-7-11-18(17)24-20(25-21)16-8-4-3-5-9-16/h3-11,15H,12-14H2,1-2H3,(H,23,26)(H,22,24,25). The first-order chi connectivity index (χ1) is 12.6. The van der Waals surface area contributed by atoms with Crippen molar-refractivity contribution in [3.05, 3.63) is 54.6 Å². The van der Waals surface area contributed by atoms with E-state index < -0.39 is 0 Å². The zero-order valence-corrected chi connectivity index (χ0v) is 15.2. The smallest absolute Gasteiger partial charge is 0.221 e. The van der Waals surface area contributed by atoms with Crippen LogP contribution in [0.5, 0.6) is 0 Å². The third-order valence-electron chi connectivity index (χ3n) is 3.99. The van der Waals surface area contributed by atoms with Crippen molar-refractivity contribution in [2.75, 3.05) is 18.4 Å². The van der Waals surface area contributed by atoms with Gasteiger partial charge >= 0.3 is 0 Å². The van der Waals surface area contributed by atoms with Crippen molar-refractivity contribution in [1.82, 2.24) is 15.3 Å². The van der Waals surface area contributed by atoms with Crippen molar-refractivity contribution in [1.29, 1.82) is 0 Å². The summed E-state index contributed by atoms with van der Waals surface area (Å²) in [6, 6.07) is 17.8. The van der Waals surface area contributed by atoms with Gasteiger partial charge in [-0.3, -0.25) is 4.79 Å². The second-order valence-electron chi connectivity index (χ2n) is 6.65. The van der Waals surface area contributed by atoms with Gasteiger partial charge in [-0.25, -0.2) is 9.97 Å². The minimum atomic E-state index is 0.0489. The number of para-hydroxylation sites is 1. The number of carbonyl (C=O) groups is 1. The average molecular weight is 348 g/mol. The first-order valence-electron chi connectivity index (χ1n) is 8.96. The highest BCUT2D eigenvalue weighted by Crippen LogP contribution is 2.24. The van der Waals surface area contributed by atoms with Crippen LogP contribution in [0.1, 0.15) is 20.3 Å². The molecule has 0 unspecified atom stereocenters. The molecule has 0 atom stereocenters. The first-order valence-corrected chi connectivity index (χ1v) is 8.96. The predicted octanol–water partition coefficient (Wildman–Crippen LogP) is 3.87. The third-order valence-corrected chi connectivity index (χ3v) is 3.99. The number of aromatic nitrogens is 2. The molecule has 2 N–H and O–H groups in total. The van der Waals surface area contributed by atoms with Gasteiger partial charge in [0.15, 0.2) is 5.82 Å². The minimum Gasteiger partial charge on any atom is -0.369 e. The van der Waals surface area contributed by atoms with Crippen LogP contribution in [0.25, 0.3) is 22.3 Å². The summed E-state index contributed by atoms with van der Waals surface area (Å²) in [7, 11) is 0. The molecular weight excluding hydrogens is 324 g/mol. The molecule has 1 heterocycles. The van der Waals surface area contributed by atoms with E-state index in [0.717, 1.165) is 22.3 Å². The fourth-order valence-corrected chi connectivity index (χ4v) is 2.63. The topological polar surface area (TPSA) is 66.9 Å². The van der Waals surface area contributed by atoms with Crippen LogP contribution in [-0.2, 0) is 4.79 Å². The van der Waals surface area contributed by atoms with Crippen LogP contribution < -0.4 is 10.6 Å². The van der Waals surface area contributed by atoms with E-state index in [4.69, 9.17) is 0 Å². The Morgan fingerprint density at radius 3 is 2.50 bits per heavy atom. The minimum absolute atomic E-state index is 0.0489. The molecule has 0 spiro atoms. The van der Waals surface area contributed by atoms with Gasteiger partial charge in [0.05, 0.1) is 5.52 Å². The molecule has 0 aliphatic carbocycles. The van der Waals surface area contributed by atoms with Crippen LogP contribution >= 0.6 is 0 Å². The fraction of sp³-hybridized carbons (Fsp3) is 0.286. The number of rotatable bonds is 7. The SMILES string of the molecule is CC(C)CNC(=O)CCNc1nc(-c2ccccc2)nc2ccccc12. The van der Waals surface area contributed by atoms with Crippen molar-refractivity contribution >= 4 is 22.6 Å². The van der Waals surface area contributed by atoms with Crippen molar-refractivity contribution in [2.24, 2.45) is 5.92 Å². The number of benzene rings is 2. The second kappa shape index (κ2) is 8.43. The number of nitrogens with one attached hydrogen (secondary N) is 2. The van der Waals surface area contributed by atoms with Gasteiger partial charge in [-0.2, -0.15) is 0 Å². The quantitative estimate of drug-likeness (QED) is 0.680. The molecule has 3 rings (SSSR count). The van der Waals surface area contributed by atoms with Crippen molar-refractivity contribution in [3.8, 4) is 11.4 Å². The van der Waals surface area contributed by atoms with Gasteiger partial charge in [-0.15, -0.1) is 0 Å². The Hall–Kier alpha value is -2.95. The number of nitrogens with zero attached hydrogens (tertiary/aromatic N) is 2. The number of hydrogen-bond acceptors (Lipinski definition) is 4. The molecular formula is C21H24N4O. The van der Waals surface area contributed by atoms with Crippen LogP contribution in [-0.4, -0.2) is 29.0 Å². The molecule has 5 heteroatoms. The number of anilines is 1. The molecule has 0 bridgehead atoms. The Labute approximate surface area is 153 Å². The van der Waals surface area contributed by atoms with E-state index in [1.54, 1.807) is 0 Å². The average Bonchev–Trinajstić information content (AvgIpc) is 2.67. The number of fused-ring (bicyclic) bond motifs is 1. The Kier molecular flexibility index (Phi) is 5.79. The molecule has 3 aromatic rings. The van der Waals surface area contributed by atoms with E-state index in [9.17, 15) is 4.79 Å².